The zero-order valence-electron chi connectivity index (χ0n) is 20.4. The number of para-hydroxylation sites is 1. The number of rotatable bonds is 3. The summed E-state index contributed by atoms with van der Waals surface area (Å²) in [7, 11) is 1.55. The minimum Gasteiger partial charge on any atom is -0.496 e. The Bertz CT molecular complexity index is 2090. The van der Waals surface area contributed by atoms with Crippen LogP contribution in [0.1, 0.15) is 28.2 Å². The number of tetrazole rings is 1. The molecular weight excluding hydrogens is 523 g/mol. The molecule has 4 aromatic heterocycles. The summed E-state index contributed by atoms with van der Waals surface area (Å²) >= 11 is 5.46. The molecule has 2 aromatic carbocycles. The molecule has 1 atom stereocenters. The van der Waals surface area contributed by atoms with Gasteiger partial charge in [-0.15, -0.1) is 5.10 Å². The van der Waals surface area contributed by atoms with Crippen LogP contribution < -0.4 is 15.1 Å². The standard InChI is InChI=1S/C27H17FN6O4S/c1-12-9-14(11-29-23(12)28)16-10-13(7-8-17(16)36-2)19-20-22(15-5-3-4-6-18(15)37-26(20)35)38-25-21(19)24-31-32-33-34(24)27(39)30-25/h3-11,19H,1-2H3,(H,30,39). The fraction of sp³-hybridized carbons (Fsp3) is 0.111. The lowest BCUT2D eigenvalue weighted by molar-refractivity contribution is 0.415. The molecule has 0 fully saturated rings. The number of halogens is 1. The summed E-state index contributed by atoms with van der Waals surface area (Å²) in [5.74, 6) is -0.0659. The van der Waals surface area contributed by atoms with Crippen LogP contribution >= 0.6 is 12.2 Å². The molecule has 10 nitrogen and oxygen atoms in total. The fourth-order valence-electron chi connectivity index (χ4n) is 5.06. The maximum Gasteiger partial charge on any atom is 0.344 e. The van der Waals surface area contributed by atoms with E-state index in [2.05, 4.69) is 25.5 Å². The third kappa shape index (κ3) is 3.45. The number of nitrogens with zero attached hydrogens (tertiary/aromatic N) is 5. The second-order valence-electron chi connectivity index (χ2n) is 9.04. The molecule has 5 heterocycles. The topological polar surface area (TPSA) is 120 Å². The number of pyridine rings is 1. The molecule has 0 spiro atoms. The summed E-state index contributed by atoms with van der Waals surface area (Å²) in [5, 5.41) is 12.6. The maximum atomic E-state index is 14.0. The van der Waals surface area contributed by atoms with Crippen molar-refractivity contribution in [2.24, 2.45) is 0 Å². The van der Waals surface area contributed by atoms with Crippen LogP contribution in [0.4, 0.5) is 4.39 Å². The second-order valence-corrected chi connectivity index (χ2v) is 9.43. The average Bonchev–Trinajstić information content (AvgIpc) is 3.44. The summed E-state index contributed by atoms with van der Waals surface area (Å²) in [6.45, 7) is 1.64. The van der Waals surface area contributed by atoms with Crippen molar-refractivity contribution in [3.63, 3.8) is 0 Å². The largest absolute Gasteiger partial charge is 0.496 e. The van der Waals surface area contributed by atoms with Crippen LogP contribution in [0.5, 0.6) is 17.4 Å². The first-order valence-electron chi connectivity index (χ1n) is 11.8. The van der Waals surface area contributed by atoms with Crippen molar-refractivity contribution in [2.45, 2.75) is 12.8 Å². The average molecular weight is 541 g/mol. The van der Waals surface area contributed by atoms with Gasteiger partial charge in [0.2, 0.25) is 16.6 Å². The van der Waals surface area contributed by atoms with Crippen LogP contribution in [0.2, 0.25) is 0 Å². The lowest BCUT2D eigenvalue weighted by Crippen LogP contribution is -2.22. The number of aryl methyl sites for hydroxylation is 1. The fourth-order valence-corrected chi connectivity index (χ4v) is 5.28. The Labute approximate surface area is 223 Å². The van der Waals surface area contributed by atoms with Gasteiger partial charge in [-0.3, -0.25) is 0 Å². The molecule has 1 N–H and O–H groups in total. The van der Waals surface area contributed by atoms with E-state index in [9.17, 15) is 9.18 Å². The molecular formula is C27H17FN6O4S. The predicted molar refractivity (Wildman–Crippen MR) is 140 cm³/mol. The van der Waals surface area contributed by atoms with Crippen LogP contribution in [0.15, 0.2) is 63.9 Å². The van der Waals surface area contributed by atoms with Crippen molar-refractivity contribution in [3.8, 4) is 28.5 Å². The highest BCUT2D eigenvalue weighted by Crippen LogP contribution is 2.49. The van der Waals surface area contributed by atoms with Gasteiger partial charge in [0, 0.05) is 22.9 Å². The van der Waals surface area contributed by atoms with Gasteiger partial charge in [-0.25, -0.2) is 9.78 Å². The van der Waals surface area contributed by atoms with Gasteiger partial charge in [0.15, 0.2) is 11.4 Å². The summed E-state index contributed by atoms with van der Waals surface area (Å²) in [6, 6.07) is 14.3. The summed E-state index contributed by atoms with van der Waals surface area (Å²) in [4.78, 5) is 20.5. The summed E-state index contributed by atoms with van der Waals surface area (Å²) in [6.07, 6.45) is 1.44. The van der Waals surface area contributed by atoms with Gasteiger partial charge in [0.25, 0.3) is 0 Å². The highest BCUT2D eigenvalue weighted by Gasteiger charge is 2.37. The number of hydrogen-bond acceptors (Lipinski definition) is 9. The first-order chi connectivity index (χ1) is 18.9. The second kappa shape index (κ2) is 8.53. The van der Waals surface area contributed by atoms with Crippen molar-refractivity contribution in [3.05, 3.63) is 98.1 Å². The third-order valence-corrected chi connectivity index (χ3v) is 7.11. The maximum absolute atomic E-state index is 14.0. The van der Waals surface area contributed by atoms with Gasteiger partial charge in [0.1, 0.15) is 11.3 Å². The Morgan fingerprint density at radius 1 is 1.15 bits per heavy atom. The zero-order chi connectivity index (χ0) is 26.8. The Hall–Kier alpha value is -4.97. The monoisotopic (exact) mass is 540 g/mol. The molecule has 192 valence electrons. The van der Waals surface area contributed by atoms with Gasteiger partial charge in [-0.2, -0.15) is 8.91 Å². The van der Waals surface area contributed by atoms with E-state index in [0.717, 1.165) is 0 Å². The molecule has 0 amide bonds. The van der Waals surface area contributed by atoms with Gasteiger partial charge < -0.3 is 18.9 Å². The van der Waals surface area contributed by atoms with Gasteiger partial charge in [-0.05, 0) is 65.5 Å². The molecule has 1 unspecified atom stereocenters. The van der Waals surface area contributed by atoms with Crippen LogP contribution in [0.3, 0.4) is 0 Å². The highest BCUT2D eigenvalue weighted by atomic mass is 32.1. The molecule has 0 aliphatic carbocycles. The van der Waals surface area contributed by atoms with Crippen LogP contribution in [0.25, 0.3) is 27.7 Å². The van der Waals surface area contributed by atoms with E-state index >= 15 is 0 Å². The lowest BCUT2D eigenvalue weighted by Gasteiger charge is -2.28. The zero-order valence-corrected chi connectivity index (χ0v) is 21.2. The van der Waals surface area contributed by atoms with E-state index in [1.807, 2.05) is 24.3 Å². The number of aromatic nitrogens is 6. The first kappa shape index (κ1) is 23.2. The van der Waals surface area contributed by atoms with Gasteiger partial charge in [-0.1, -0.05) is 18.2 Å². The van der Waals surface area contributed by atoms with Gasteiger partial charge in [0.05, 0.1) is 29.5 Å². The number of fused-ring (bicyclic) bond motifs is 6. The van der Waals surface area contributed by atoms with E-state index in [4.69, 9.17) is 26.1 Å². The molecule has 39 heavy (non-hydrogen) atoms. The number of hydrogen-bond donors (Lipinski definition) is 1. The minimum absolute atomic E-state index is 0.228. The molecule has 0 saturated heterocycles. The van der Waals surface area contributed by atoms with Crippen molar-refractivity contribution >= 4 is 28.8 Å². The molecule has 7 rings (SSSR count). The van der Waals surface area contributed by atoms with Crippen molar-refractivity contribution in [1.29, 1.82) is 0 Å². The number of benzene rings is 2. The SMILES string of the molecule is COc1ccc(C2c3c(c4ccccc4oc3=O)Oc3[nH]c(=S)n4nnnc4c32)cc1-c1cnc(F)c(C)c1. The Morgan fingerprint density at radius 3 is 2.82 bits per heavy atom. The molecule has 0 saturated carbocycles. The molecule has 0 radical (unpaired) electrons. The smallest absolute Gasteiger partial charge is 0.344 e. The quantitative estimate of drug-likeness (QED) is 0.186. The number of ether oxygens (including phenoxy) is 2. The predicted octanol–water partition coefficient (Wildman–Crippen LogP) is 5.09. The van der Waals surface area contributed by atoms with Crippen molar-refractivity contribution < 1.29 is 18.3 Å². The highest BCUT2D eigenvalue weighted by molar-refractivity contribution is 7.71. The van der Waals surface area contributed by atoms with E-state index < -0.39 is 17.5 Å². The van der Waals surface area contributed by atoms with Crippen LogP contribution in [-0.2, 0) is 0 Å². The van der Waals surface area contributed by atoms with Crippen LogP contribution in [-0.4, -0.2) is 37.1 Å². The van der Waals surface area contributed by atoms with Crippen molar-refractivity contribution in [2.75, 3.05) is 7.11 Å². The van der Waals surface area contributed by atoms with E-state index in [0.29, 0.717) is 61.8 Å². The van der Waals surface area contributed by atoms with Crippen LogP contribution in [0, 0.1) is 17.6 Å². The summed E-state index contributed by atoms with van der Waals surface area (Å²) < 4.78 is 33.2. The lowest BCUT2D eigenvalue weighted by atomic mass is 9.83. The Morgan fingerprint density at radius 2 is 2.00 bits per heavy atom. The third-order valence-electron chi connectivity index (χ3n) is 6.83. The molecule has 0 bridgehead atoms. The Kier molecular flexibility index (Phi) is 5.07. The number of H-pyrrole nitrogens is 1. The molecule has 6 aromatic rings. The van der Waals surface area contributed by atoms with E-state index in [-0.39, 0.29) is 10.3 Å². The first-order valence-corrected chi connectivity index (χ1v) is 12.2. The summed E-state index contributed by atoms with van der Waals surface area (Å²) in [5.41, 5.74) is 3.31. The minimum atomic E-state index is -0.718. The number of nitrogens with one attached hydrogen (secondary N) is 1. The van der Waals surface area contributed by atoms with E-state index in [1.165, 1.54) is 10.7 Å². The van der Waals surface area contributed by atoms with E-state index in [1.54, 1.807) is 38.3 Å². The Balaban J connectivity index is 1.57. The molecule has 12 heteroatoms. The molecule has 1 aliphatic heterocycles. The van der Waals surface area contributed by atoms with Crippen molar-refractivity contribution in [1.82, 2.24) is 30.0 Å². The number of methoxy groups -OCH3 is 1. The normalized spacial score (nSPS) is 14.2. The van der Waals surface area contributed by atoms with Gasteiger partial charge >= 0.3 is 5.63 Å². The molecule has 1 aliphatic rings. The number of aromatic amines is 1.